The summed E-state index contributed by atoms with van der Waals surface area (Å²) in [6.45, 7) is 1.13. The van der Waals surface area contributed by atoms with Crippen LogP contribution < -0.4 is 19.9 Å². The molecule has 10 heteroatoms. The van der Waals surface area contributed by atoms with Crippen molar-refractivity contribution in [2.75, 3.05) is 35.3 Å². The average Bonchev–Trinajstić information content (AvgIpc) is 3.52. The number of halogens is 1. The van der Waals surface area contributed by atoms with Gasteiger partial charge in [-0.2, -0.15) is 5.10 Å². The molecule has 2 aliphatic heterocycles. The number of carbonyl (C=O) groups is 3. The summed E-state index contributed by atoms with van der Waals surface area (Å²) in [5.41, 5.74) is 2.52. The van der Waals surface area contributed by atoms with E-state index in [0.717, 1.165) is 37.1 Å². The molecule has 1 saturated carbocycles. The minimum Gasteiger partial charge on any atom is -0.494 e. The molecular weight excluding hydrogens is 477 g/mol. The number of aromatic amines is 1. The highest BCUT2D eigenvalue weighted by Crippen LogP contribution is 2.53. The van der Waals surface area contributed by atoms with Crippen LogP contribution in [0.2, 0.25) is 0 Å². The Balaban J connectivity index is 1.25. The van der Waals surface area contributed by atoms with E-state index in [0.29, 0.717) is 30.8 Å². The van der Waals surface area contributed by atoms with Gasteiger partial charge in [-0.05, 0) is 62.1 Å². The molecule has 3 aliphatic rings. The largest absolute Gasteiger partial charge is 0.494 e. The van der Waals surface area contributed by atoms with Crippen molar-refractivity contribution in [3.05, 3.63) is 65.2 Å². The predicted molar refractivity (Wildman–Crippen MR) is 135 cm³/mol. The molecule has 1 saturated heterocycles. The highest BCUT2D eigenvalue weighted by Gasteiger charge is 2.55. The van der Waals surface area contributed by atoms with Crippen molar-refractivity contribution < 1.29 is 23.5 Å². The van der Waals surface area contributed by atoms with Crippen LogP contribution in [0.4, 0.5) is 21.5 Å². The third-order valence-corrected chi connectivity index (χ3v) is 7.49. The van der Waals surface area contributed by atoms with Crippen molar-refractivity contribution in [1.29, 1.82) is 0 Å². The second-order valence-electron chi connectivity index (χ2n) is 9.82. The molecule has 0 atom stereocenters. The smallest absolute Gasteiger partial charge is 0.276 e. The van der Waals surface area contributed by atoms with Crippen molar-refractivity contribution in [2.45, 2.75) is 37.5 Å². The van der Waals surface area contributed by atoms with Crippen LogP contribution in [0.15, 0.2) is 42.5 Å². The van der Waals surface area contributed by atoms with E-state index in [9.17, 15) is 18.8 Å². The first-order chi connectivity index (χ1) is 17.9. The van der Waals surface area contributed by atoms with Gasteiger partial charge in [0.05, 0.1) is 7.11 Å². The molecule has 37 heavy (non-hydrogen) atoms. The summed E-state index contributed by atoms with van der Waals surface area (Å²) in [6.07, 6.45) is 4.09. The van der Waals surface area contributed by atoms with Crippen LogP contribution >= 0.6 is 0 Å². The number of H-pyrrole nitrogens is 1. The summed E-state index contributed by atoms with van der Waals surface area (Å²) in [4.78, 5) is 42.3. The first-order valence-corrected chi connectivity index (χ1v) is 12.4. The van der Waals surface area contributed by atoms with Crippen molar-refractivity contribution in [1.82, 2.24) is 10.2 Å². The molecule has 2 aromatic carbocycles. The predicted octanol–water partition coefficient (Wildman–Crippen LogP) is 4.02. The third-order valence-electron chi connectivity index (χ3n) is 7.49. The normalized spacial score (nSPS) is 18.1. The molecule has 0 unspecified atom stereocenters. The lowest BCUT2D eigenvalue weighted by Gasteiger charge is -2.33. The minimum absolute atomic E-state index is 0.0772. The molecule has 1 aliphatic carbocycles. The lowest BCUT2D eigenvalue weighted by molar-refractivity contribution is -0.119. The standard InChI is InChI=1S/C27H26FN5O4/c1-37-20-10-5-16(14-19(20)28)29-25(35)23-22-24(31-30-23)26(36)33(15-27(22)11-12-27)18-8-6-17(7-9-18)32-13-3-2-4-21(32)34/h5-10,14H,2-4,11-13,15H2,1H3,(H,29,35)(H,30,31). The van der Waals surface area contributed by atoms with Crippen LogP contribution in [0.3, 0.4) is 0 Å². The zero-order valence-electron chi connectivity index (χ0n) is 20.3. The Labute approximate surface area is 212 Å². The third kappa shape index (κ3) is 3.92. The number of methoxy groups -OCH3 is 1. The lowest BCUT2D eigenvalue weighted by Crippen LogP contribution is -2.44. The fourth-order valence-electron chi connectivity index (χ4n) is 5.36. The van der Waals surface area contributed by atoms with E-state index >= 15 is 0 Å². The van der Waals surface area contributed by atoms with E-state index < -0.39 is 11.7 Å². The maximum Gasteiger partial charge on any atom is 0.276 e. The maximum atomic E-state index is 14.1. The Bertz CT molecular complexity index is 1410. The van der Waals surface area contributed by atoms with Crippen molar-refractivity contribution in [3.63, 3.8) is 0 Å². The number of nitrogens with one attached hydrogen (secondary N) is 2. The van der Waals surface area contributed by atoms with Crippen LogP contribution in [0, 0.1) is 5.82 Å². The number of fused-ring (bicyclic) bond motifs is 2. The van der Waals surface area contributed by atoms with Crippen molar-refractivity contribution >= 4 is 34.8 Å². The molecule has 2 N–H and O–H groups in total. The first kappa shape index (κ1) is 23.2. The molecule has 3 amide bonds. The summed E-state index contributed by atoms with van der Waals surface area (Å²) >= 11 is 0. The van der Waals surface area contributed by atoms with E-state index in [1.807, 2.05) is 24.3 Å². The number of anilines is 3. The highest BCUT2D eigenvalue weighted by atomic mass is 19.1. The Morgan fingerprint density at radius 2 is 1.81 bits per heavy atom. The van der Waals surface area contributed by atoms with Gasteiger partial charge in [0.2, 0.25) is 5.91 Å². The number of hydrogen-bond donors (Lipinski definition) is 2. The molecule has 1 aromatic heterocycles. The van der Waals surface area contributed by atoms with E-state index in [1.165, 1.54) is 19.2 Å². The van der Waals surface area contributed by atoms with Gasteiger partial charge in [0.15, 0.2) is 17.3 Å². The summed E-state index contributed by atoms with van der Waals surface area (Å²) in [5, 5.41) is 9.66. The molecule has 3 heterocycles. The zero-order valence-corrected chi connectivity index (χ0v) is 20.3. The quantitative estimate of drug-likeness (QED) is 0.547. The second-order valence-corrected chi connectivity index (χ2v) is 9.82. The summed E-state index contributed by atoms with van der Waals surface area (Å²) in [6, 6.07) is 11.6. The van der Waals surface area contributed by atoms with E-state index in [4.69, 9.17) is 4.74 Å². The van der Waals surface area contributed by atoms with Gasteiger partial charge in [-0.25, -0.2) is 4.39 Å². The highest BCUT2D eigenvalue weighted by molar-refractivity contribution is 6.12. The second kappa shape index (κ2) is 8.72. The van der Waals surface area contributed by atoms with Gasteiger partial charge in [0.25, 0.3) is 11.8 Å². The van der Waals surface area contributed by atoms with Gasteiger partial charge in [-0.15, -0.1) is 0 Å². The summed E-state index contributed by atoms with van der Waals surface area (Å²) < 4.78 is 19.0. The van der Waals surface area contributed by atoms with Gasteiger partial charge in [-0.3, -0.25) is 19.5 Å². The van der Waals surface area contributed by atoms with E-state index in [1.54, 1.807) is 15.9 Å². The van der Waals surface area contributed by atoms with Gasteiger partial charge in [-0.1, -0.05) is 0 Å². The maximum absolute atomic E-state index is 14.1. The molecule has 1 spiro atoms. The number of rotatable bonds is 5. The van der Waals surface area contributed by atoms with Crippen LogP contribution in [-0.2, 0) is 10.2 Å². The van der Waals surface area contributed by atoms with Crippen LogP contribution in [0.1, 0.15) is 58.6 Å². The van der Waals surface area contributed by atoms with Gasteiger partial charge >= 0.3 is 0 Å². The monoisotopic (exact) mass is 503 g/mol. The summed E-state index contributed by atoms with van der Waals surface area (Å²) in [5.74, 6) is -1.17. The Morgan fingerprint density at radius 3 is 2.46 bits per heavy atom. The Hall–Kier alpha value is -4.21. The van der Waals surface area contributed by atoms with Gasteiger partial charge in [0.1, 0.15) is 5.69 Å². The van der Waals surface area contributed by atoms with Crippen LogP contribution in [0.5, 0.6) is 5.75 Å². The zero-order chi connectivity index (χ0) is 25.7. The number of piperidine rings is 1. The Kier molecular flexibility index (Phi) is 5.47. The van der Waals surface area contributed by atoms with E-state index in [-0.39, 0.29) is 34.4 Å². The number of hydrogen-bond acceptors (Lipinski definition) is 5. The van der Waals surface area contributed by atoms with Crippen molar-refractivity contribution in [3.8, 4) is 5.75 Å². The van der Waals surface area contributed by atoms with Crippen LogP contribution in [0.25, 0.3) is 0 Å². The molecule has 2 fully saturated rings. The molecular formula is C27H26FN5O4. The number of benzene rings is 2. The SMILES string of the molecule is COc1ccc(NC(=O)c2n[nH]c3c2C2(CC2)CN(c2ccc(N4CCCCC4=O)cc2)C3=O)cc1F. The number of nitrogens with zero attached hydrogens (tertiary/aromatic N) is 3. The number of carbonyl (C=O) groups excluding carboxylic acids is 3. The molecule has 0 bridgehead atoms. The van der Waals surface area contributed by atoms with Gasteiger partial charge < -0.3 is 19.9 Å². The molecule has 9 nitrogen and oxygen atoms in total. The number of aromatic nitrogens is 2. The first-order valence-electron chi connectivity index (χ1n) is 12.4. The van der Waals surface area contributed by atoms with Crippen LogP contribution in [-0.4, -0.2) is 48.1 Å². The lowest BCUT2D eigenvalue weighted by atomic mass is 9.88. The average molecular weight is 504 g/mol. The number of ether oxygens (including phenoxy) is 1. The van der Waals surface area contributed by atoms with E-state index in [2.05, 4.69) is 15.5 Å². The molecule has 3 aromatic rings. The fourth-order valence-corrected chi connectivity index (χ4v) is 5.36. The fraction of sp³-hybridized carbons (Fsp3) is 0.333. The number of amides is 3. The molecule has 0 radical (unpaired) electrons. The topological polar surface area (TPSA) is 108 Å². The molecule has 6 rings (SSSR count). The molecule has 190 valence electrons. The minimum atomic E-state index is -0.593. The van der Waals surface area contributed by atoms with Crippen molar-refractivity contribution in [2.24, 2.45) is 0 Å². The Morgan fingerprint density at radius 1 is 1.08 bits per heavy atom. The van der Waals surface area contributed by atoms with Gasteiger partial charge in [0, 0.05) is 53.6 Å². The summed E-state index contributed by atoms with van der Waals surface area (Å²) in [7, 11) is 1.37.